The molecule has 9 nitrogen and oxygen atoms in total. The van der Waals surface area contributed by atoms with Gasteiger partial charge in [0.1, 0.15) is 6.04 Å². The lowest BCUT2D eigenvalue weighted by Crippen LogP contribution is -2.57. The molecule has 1 fully saturated rings. The zero-order valence-corrected chi connectivity index (χ0v) is 15.1. The van der Waals surface area contributed by atoms with Crippen molar-refractivity contribution in [1.82, 2.24) is 30.2 Å². The lowest BCUT2D eigenvalue weighted by atomic mass is 10.1. The van der Waals surface area contributed by atoms with E-state index in [-0.39, 0.29) is 24.3 Å². The van der Waals surface area contributed by atoms with Crippen LogP contribution in [-0.4, -0.2) is 62.4 Å². The minimum atomic E-state index is -0.445. The van der Waals surface area contributed by atoms with Crippen LogP contribution in [0.2, 0.25) is 0 Å². The van der Waals surface area contributed by atoms with Crippen molar-refractivity contribution in [2.45, 2.75) is 33.2 Å². The van der Waals surface area contributed by atoms with Gasteiger partial charge in [-0.25, -0.2) is 4.68 Å². The van der Waals surface area contributed by atoms with Gasteiger partial charge in [-0.1, -0.05) is 6.92 Å². The molecule has 1 atom stereocenters. The van der Waals surface area contributed by atoms with E-state index < -0.39 is 6.04 Å². The van der Waals surface area contributed by atoms with Gasteiger partial charge in [-0.05, 0) is 32.4 Å². The zero-order valence-electron chi connectivity index (χ0n) is 15.1. The molecule has 0 aromatic carbocycles. The van der Waals surface area contributed by atoms with E-state index in [0.29, 0.717) is 25.3 Å². The first-order chi connectivity index (χ1) is 12.5. The first-order valence-corrected chi connectivity index (χ1v) is 8.57. The number of carbonyl (C=O) groups excluding carboxylic acids is 2. The van der Waals surface area contributed by atoms with Gasteiger partial charge in [-0.2, -0.15) is 5.10 Å². The van der Waals surface area contributed by atoms with Crippen LogP contribution in [0.3, 0.4) is 0 Å². The molecule has 1 aliphatic heterocycles. The Labute approximate surface area is 151 Å². The summed E-state index contributed by atoms with van der Waals surface area (Å²) in [5.74, 6) is 0.461. The Morgan fingerprint density at radius 1 is 1.35 bits per heavy atom. The van der Waals surface area contributed by atoms with Gasteiger partial charge in [0.15, 0.2) is 12.4 Å². The first-order valence-electron chi connectivity index (χ1n) is 8.57. The molecule has 1 saturated heterocycles. The fourth-order valence-corrected chi connectivity index (χ4v) is 3.00. The molecule has 1 N–H and O–H groups in total. The van der Waals surface area contributed by atoms with E-state index in [2.05, 4.69) is 20.6 Å². The number of carbonyl (C=O) groups is 2. The van der Waals surface area contributed by atoms with E-state index in [9.17, 15) is 9.59 Å². The Balaban J connectivity index is 1.62. The average molecular weight is 358 g/mol. The second kappa shape index (κ2) is 7.51. The van der Waals surface area contributed by atoms with Crippen LogP contribution in [-0.2, 0) is 9.59 Å². The van der Waals surface area contributed by atoms with Gasteiger partial charge in [0.25, 0.3) is 5.91 Å². The number of aromatic nitrogens is 4. The van der Waals surface area contributed by atoms with Gasteiger partial charge in [0, 0.05) is 24.8 Å². The maximum Gasteiger partial charge on any atom is 0.261 e. The van der Waals surface area contributed by atoms with Crippen molar-refractivity contribution < 1.29 is 14.3 Å². The highest BCUT2D eigenvalue weighted by Gasteiger charge is 2.31. The highest BCUT2D eigenvalue weighted by molar-refractivity contribution is 5.89. The Kier molecular flexibility index (Phi) is 5.15. The van der Waals surface area contributed by atoms with E-state index in [1.807, 2.05) is 26.8 Å². The van der Waals surface area contributed by atoms with Gasteiger partial charge in [0.2, 0.25) is 11.8 Å². The van der Waals surface area contributed by atoms with Crippen LogP contribution < -0.4 is 10.1 Å². The van der Waals surface area contributed by atoms with Gasteiger partial charge in [0.05, 0.1) is 5.69 Å². The molecule has 1 unspecified atom stereocenters. The van der Waals surface area contributed by atoms with E-state index in [4.69, 9.17) is 4.74 Å². The fourth-order valence-electron chi connectivity index (χ4n) is 3.00. The molecular weight excluding hydrogens is 336 g/mol. The van der Waals surface area contributed by atoms with E-state index in [1.54, 1.807) is 21.7 Å². The number of rotatable bonds is 5. The average Bonchev–Trinajstić information content (AvgIpc) is 2.98. The SMILES string of the molecule is CCC1C(=O)NCCN1C(=O)COc1ccc(-n2nc(C)cc2C)nn1. The Morgan fingerprint density at radius 2 is 2.15 bits per heavy atom. The summed E-state index contributed by atoms with van der Waals surface area (Å²) in [6.45, 7) is 6.47. The molecule has 1 aliphatic rings. The highest BCUT2D eigenvalue weighted by Crippen LogP contribution is 2.13. The monoisotopic (exact) mass is 358 g/mol. The minimum absolute atomic E-state index is 0.124. The quantitative estimate of drug-likeness (QED) is 0.830. The zero-order chi connectivity index (χ0) is 18.7. The Bertz CT molecular complexity index is 801. The van der Waals surface area contributed by atoms with E-state index in [1.165, 1.54) is 0 Å². The lowest BCUT2D eigenvalue weighted by molar-refractivity contribution is -0.144. The molecule has 0 aliphatic carbocycles. The van der Waals surface area contributed by atoms with E-state index >= 15 is 0 Å². The topological polar surface area (TPSA) is 102 Å². The third-order valence-corrected chi connectivity index (χ3v) is 4.23. The second-order valence-electron chi connectivity index (χ2n) is 6.16. The van der Waals surface area contributed by atoms with Crippen molar-refractivity contribution in [2.24, 2.45) is 0 Å². The molecule has 3 rings (SSSR count). The molecule has 3 heterocycles. The Morgan fingerprint density at radius 3 is 2.77 bits per heavy atom. The minimum Gasteiger partial charge on any atom is -0.466 e. The van der Waals surface area contributed by atoms with Crippen LogP contribution in [0.15, 0.2) is 18.2 Å². The predicted octanol–water partition coefficient (Wildman–Crippen LogP) is 0.395. The maximum absolute atomic E-state index is 12.4. The van der Waals surface area contributed by atoms with Crippen LogP contribution >= 0.6 is 0 Å². The predicted molar refractivity (Wildman–Crippen MR) is 92.9 cm³/mol. The molecular formula is C17H22N6O3. The third-order valence-electron chi connectivity index (χ3n) is 4.23. The summed E-state index contributed by atoms with van der Waals surface area (Å²) in [6.07, 6.45) is 0.564. The van der Waals surface area contributed by atoms with Crippen molar-refractivity contribution in [3.8, 4) is 11.7 Å². The summed E-state index contributed by atoms with van der Waals surface area (Å²) >= 11 is 0. The normalized spacial score (nSPS) is 17.1. The van der Waals surface area contributed by atoms with Crippen molar-refractivity contribution >= 4 is 11.8 Å². The number of amides is 2. The number of nitrogens with zero attached hydrogens (tertiary/aromatic N) is 5. The summed E-state index contributed by atoms with van der Waals surface area (Å²) in [4.78, 5) is 25.8. The summed E-state index contributed by atoms with van der Waals surface area (Å²) in [5.41, 5.74) is 1.85. The van der Waals surface area contributed by atoms with Gasteiger partial charge in [-0.3, -0.25) is 9.59 Å². The van der Waals surface area contributed by atoms with Crippen LogP contribution in [0.25, 0.3) is 5.82 Å². The molecule has 0 radical (unpaired) electrons. The molecule has 0 bridgehead atoms. The number of hydrogen-bond donors (Lipinski definition) is 1. The second-order valence-corrected chi connectivity index (χ2v) is 6.16. The van der Waals surface area contributed by atoms with Crippen LogP contribution in [0.1, 0.15) is 24.7 Å². The summed E-state index contributed by atoms with van der Waals surface area (Å²) in [7, 11) is 0. The highest BCUT2D eigenvalue weighted by atomic mass is 16.5. The van der Waals surface area contributed by atoms with Crippen LogP contribution in [0, 0.1) is 13.8 Å². The maximum atomic E-state index is 12.4. The molecule has 2 aromatic rings. The third kappa shape index (κ3) is 3.66. The first kappa shape index (κ1) is 17.8. The van der Waals surface area contributed by atoms with Gasteiger partial charge >= 0.3 is 0 Å². The number of ether oxygens (including phenoxy) is 1. The molecule has 2 aromatic heterocycles. The number of hydrogen-bond acceptors (Lipinski definition) is 6. The lowest BCUT2D eigenvalue weighted by Gasteiger charge is -2.34. The molecule has 2 amide bonds. The molecule has 138 valence electrons. The molecule has 0 spiro atoms. The summed E-state index contributed by atoms with van der Waals surface area (Å²) in [5, 5.41) is 15.2. The largest absolute Gasteiger partial charge is 0.466 e. The van der Waals surface area contributed by atoms with E-state index in [0.717, 1.165) is 11.4 Å². The number of aryl methyl sites for hydroxylation is 2. The molecule has 26 heavy (non-hydrogen) atoms. The van der Waals surface area contributed by atoms with Crippen molar-refractivity contribution in [3.63, 3.8) is 0 Å². The Hall–Kier alpha value is -2.97. The standard InChI is InChI=1S/C17H22N6O3/c1-4-13-17(25)18-7-8-22(13)16(24)10-26-15-6-5-14(19-20-15)23-12(3)9-11(2)21-23/h5-6,9,13H,4,7-8,10H2,1-3H3,(H,18,25). The summed E-state index contributed by atoms with van der Waals surface area (Å²) < 4.78 is 7.14. The van der Waals surface area contributed by atoms with Crippen LogP contribution in [0.5, 0.6) is 5.88 Å². The van der Waals surface area contributed by atoms with Crippen molar-refractivity contribution in [1.29, 1.82) is 0 Å². The smallest absolute Gasteiger partial charge is 0.261 e. The van der Waals surface area contributed by atoms with Crippen LogP contribution in [0.4, 0.5) is 0 Å². The van der Waals surface area contributed by atoms with Crippen molar-refractivity contribution in [3.05, 3.63) is 29.6 Å². The van der Waals surface area contributed by atoms with Crippen molar-refractivity contribution in [2.75, 3.05) is 19.7 Å². The number of nitrogens with one attached hydrogen (secondary N) is 1. The van der Waals surface area contributed by atoms with Gasteiger partial charge < -0.3 is 15.0 Å². The molecule has 0 saturated carbocycles. The summed E-state index contributed by atoms with van der Waals surface area (Å²) in [6, 6.07) is 4.88. The number of piperazine rings is 1. The molecule has 9 heteroatoms. The van der Waals surface area contributed by atoms with Gasteiger partial charge in [-0.15, -0.1) is 10.2 Å². The fraction of sp³-hybridized carbons (Fsp3) is 0.471.